The lowest BCUT2D eigenvalue weighted by Crippen LogP contribution is -2.46. The normalized spacial score (nSPS) is 24.9. The number of urea groups is 1. The lowest BCUT2D eigenvalue weighted by Gasteiger charge is -2.38. The Balaban J connectivity index is 1.30. The largest absolute Gasteiger partial charge is 0.419 e. The van der Waals surface area contributed by atoms with E-state index in [-0.39, 0.29) is 23.1 Å². The molecule has 2 aliphatic carbocycles. The first-order chi connectivity index (χ1) is 19.8. The highest BCUT2D eigenvalue weighted by molar-refractivity contribution is 7.88. The summed E-state index contributed by atoms with van der Waals surface area (Å²) >= 11 is 0. The van der Waals surface area contributed by atoms with E-state index in [9.17, 15) is 36.0 Å². The van der Waals surface area contributed by atoms with Crippen LogP contribution in [0.1, 0.15) is 61.6 Å². The molecule has 226 valence electrons. The van der Waals surface area contributed by atoms with Crippen LogP contribution in [0.2, 0.25) is 0 Å². The Morgan fingerprint density at radius 3 is 2.55 bits per heavy atom. The number of carbonyl (C=O) groups excluding carboxylic acids is 1. The van der Waals surface area contributed by atoms with Crippen molar-refractivity contribution in [2.24, 2.45) is 11.8 Å². The molecule has 0 radical (unpaired) electrons. The van der Waals surface area contributed by atoms with Gasteiger partial charge in [-0.2, -0.15) is 18.4 Å². The SMILES string of the molecule is CS(=O)(=O)N1CCC(CCN(C(=O)Nc2ccc(F)c(C(F)(F)F)c2)[C@@H]2CC[C@]3(c4cccc(C#N)c4)CC3C2)CC1. The lowest BCUT2D eigenvalue weighted by atomic mass is 9.80. The topological polar surface area (TPSA) is 93.5 Å². The first-order valence-corrected chi connectivity index (χ1v) is 16.0. The van der Waals surface area contributed by atoms with Crippen LogP contribution >= 0.6 is 0 Å². The second-order valence-corrected chi connectivity index (χ2v) is 13.9. The van der Waals surface area contributed by atoms with E-state index in [0.717, 1.165) is 30.9 Å². The number of anilines is 1. The minimum atomic E-state index is -4.90. The molecular formula is C30H34F4N4O3S. The van der Waals surface area contributed by atoms with E-state index in [1.165, 1.54) is 10.6 Å². The van der Waals surface area contributed by atoms with Gasteiger partial charge in [-0.25, -0.2) is 21.9 Å². The summed E-state index contributed by atoms with van der Waals surface area (Å²) in [6.07, 6.45) is 1.47. The van der Waals surface area contributed by atoms with Crippen molar-refractivity contribution in [2.45, 2.75) is 62.6 Å². The number of hydrogen-bond donors (Lipinski definition) is 1. The fraction of sp³-hybridized carbons (Fsp3) is 0.533. The maximum absolute atomic E-state index is 13.8. The number of nitrogens with one attached hydrogen (secondary N) is 1. The zero-order valence-electron chi connectivity index (χ0n) is 23.3. The van der Waals surface area contributed by atoms with E-state index in [1.54, 1.807) is 11.0 Å². The maximum Gasteiger partial charge on any atom is 0.419 e. The summed E-state index contributed by atoms with van der Waals surface area (Å²) in [5.41, 5.74) is 0.136. The number of amides is 2. The first kappa shape index (κ1) is 30.3. The highest BCUT2D eigenvalue weighted by atomic mass is 32.2. The van der Waals surface area contributed by atoms with Crippen LogP contribution in [0.5, 0.6) is 0 Å². The molecule has 7 nitrogen and oxygen atoms in total. The van der Waals surface area contributed by atoms with Gasteiger partial charge in [-0.05, 0) is 98.1 Å². The van der Waals surface area contributed by atoms with Gasteiger partial charge in [0.15, 0.2) is 0 Å². The Morgan fingerprint density at radius 2 is 1.90 bits per heavy atom. The Hall–Kier alpha value is -3.17. The van der Waals surface area contributed by atoms with Crippen molar-refractivity contribution in [3.8, 4) is 6.07 Å². The molecule has 1 N–H and O–H groups in total. The quantitative estimate of drug-likeness (QED) is 0.384. The molecule has 1 heterocycles. The van der Waals surface area contributed by atoms with E-state index < -0.39 is 33.6 Å². The second-order valence-electron chi connectivity index (χ2n) is 11.9. The molecule has 5 rings (SSSR count). The number of piperidine rings is 1. The van der Waals surface area contributed by atoms with E-state index in [4.69, 9.17) is 0 Å². The van der Waals surface area contributed by atoms with Gasteiger partial charge in [-0.15, -0.1) is 0 Å². The molecule has 2 aromatic carbocycles. The molecule has 3 aliphatic rings. The molecule has 1 aliphatic heterocycles. The molecule has 2 aromatic rings. The maximum atomic E-state index is 13.8. The van der Waals surface area contributed by atoms with Gasteiger partial charge in [0.25, 0.3) is 0 Å². The summed E-state index contributed by atoms with van der Waals surface area (Å²) in [5.74, 6) is -0.880. The van der Waals surface area contributed by atoms with Crippen LogP contribution in [-0.2, 0) is 21.6 Å². The molecular weight excluding hydrogens is 572 g/mol. The van der Waals surface area contributed by atoms with E-state index in [0.29, 0.717) is 68.9 Å². The van der Waals surface area contributed by atoms with E-state index in [1.807, 2.05) is 18.2 Å². The Morgan fingerprint density at radius 1 is 1.17 bits per heavy atom. The van der Waals surface area contributed by atoms with Crippen LogP contribution in [-0.4, -0.2) is 55.6 Å². The van der Waals surface area contributed by atoms with Gasteiger partial charge >= 0.3 is 12.2 Å². The van der Waals surface area contributed by atoms with Crippen molar-refractivity contribution < 1.29 is 30.8 Å². The fourth-order valence-corrected chi connectivity index (χ4v) is 7.74. The van der Waals surface area contributed by atoms with Crippen molar-refractivity contribution in [1.82, 2.24) is 9.21 Å². The van der Waals surface area contributed by atoms with Gasteiger partial charge < -0.3 is 10.2 Å². The number of hydrogen-bond acceptors (Lipinski definition) is 4. The second kappa shape index (κ2) is 11.5. The predicted molar refractivity (Wildman–Crippen MR) is 149 cm³/mol. The average Bonchev–Trinajstić information content (AvgIpc) is 3.69. The standard InChI is InChI=1S/C30H34F4N4O3S/c1-42(40,41)37-12-8-20(9-13-37)10-14-38(28(39)36-24-5-6-27(31)26(17-24)30(32,33)34)25-7-11-29(18-23(29)16-25)22-4-2-3-21(15-22)19-35/h2-6,15,17,20,23,25H,7-14,16,18H2,1H3,(H,36,39)/t23?,25-,29-/m1/s1. The van der Waals surface area contributed by atoms with Crippen molar-refractivity contribution in [3.05, 3.63) is 65.0 Å². The third-order valence-corrected chi connectivity index (χ3v) is 10.6. The Labute approximate surface area is 243 Å². The highest BCUT2D eigenvalue weighted by Gasteiger charge is 2.58. The molecule has 0 spiro atoms. The van der Waals surface area contributed by atoms with Crippen LogP contribution < -0.4 is 5.32 Å². The van der Waals surface area contributed by atoms with Crippen LogP contribution in [0, 0.1) is 29.0 Å². The summed E-state index contributed by atoms with van der Waals surface area (Å²) in [7, 11) is -3.26. The van der Waals surface area contributed by atoms with Crippen LogP contribution in [0.25, 0.3) is 0 Å². The summed E-state index contributed by atoms with van der Waals surface area (Å²) in [6, 6.07) is 11.6. The monoisotopic (exact) mass is 606 g/mol. The number of sulfonamides is 1. The molecule has 12 heteroatoms. The number of benzene rings is 2. The smallest absolute Gasteiger partial charge is 0.322 e. The van der Waals surface area contributed by atoms with Crippen molar-refractivity contribution in [2.75, 3.05) is 31.2 Å². The third-order valence-electron chi connectivity index (χ3n) is 9.32. The van der Waals surface area contributed by atoms with E-state index >= 15 is 0 Å². The van der Waals surface area contributed by atoms with Gasteiger partial charge in [0, 0.05) is 31.4 Å². The zero-order valence-corrected chi connectivity index (χ0v) is 24.1. The van der Waals surface area contributed by atoms with Crippen molar-refractivity contribution in [1.29, 1.82) is 5.26 Å². The lowest BCUT2D eigenvalue weighted by molar-refractivity contribution is -0.139. The molecule has 42 heavy (non-hydrogen) atoms. The third kappa shape index (κ3) is 6.42. The molecule has 1 saturated heterocycles. The molecule has 1 unspecified atom stereocenters. The molecule has 0 aromatic heterocycles. The van der Waals surface area contributed by atoms with Crippen LogP contribution in [0.3, 0.4) is 0 Å². The average molecular weight is 607 g/mol. The Bertz CT molecular complexity index is 1480. The van der Waals surface area contributed by atoms with Crippen LogP contribution in [0.15, 0.2) is 42.5 Å². The highest BCUT2D eigenvalue weighted by Crippen LogP contribution is 2.63. The number of fused-ring (bicyclic) bond motifs is 1. The number of rotatable bonds is 7. The van der Waals surface area contributed by atoms with Gasteiger partial charge in [-0.3, -0.25) is 0 Å². The zero-order chi connectivity index (χ0) is 30.3. The minimum Gasteiger partial charge on any atom is -0.322 e. The fourth-order valence-electron chi connectivity index (χ4n) is 6.86. The van der Waals surface area contributed by atoms with Gasteiger partial charge in [0.2, 0.25) is 10.0 Å². The van der Waals surface area contributed by atoms with Gasteiger partial charge in [0.05, 0.1) is 23.5 Å². The minimum absolute atomic E-state index is 0.0253. The molecule has 3 atom stereocenters. The molecule has 3 fully saturated rings. The number of halogens is 4. The number of alkyl halides is 3. The number of nitrogens with zero attached hydrogens (tertiary/aromatic N) is 3. The first-order valence-electron chi connectivity index (χ1n) is 14.2. The predicted octanol–water partition coefficient (Wildman–Crippen LogP) is 6.12. The molecule has 0 bridgehead atoms. The summed E-state index contributed by atoms with van der Waals surface area (Å²) < 4.78 is 79.0. The molecule has 2 saturated carbocycles. The van der Waals surface area contributed by atoms with Gasteiger partial charge in [0.1, 0.15) is 5.82 Å². The van der Waals surface area contributed by atoms with Crippen LogP contribution in [0.4, 0.5) is 28.0 Å². The summed E-state index contributed by atoms with van der Waals surface area (Å²) in [4.78, 5) is 15.3. The summed E-state index contributed by atoms with van der Waals surface area (Å²) in [6.45, 7) is 1.21. The van der Waals surface area contributed by atoms with Gasteiger partial charge in [-0.1, -0.05) is 12.1 Å². The Kier molecular flexibility index (Phi) is 8.29. The molecule has 2 amide bonds. The summed E-state index contributed by atoms with van der Waals surface area (Å²) in [5, 5.41) is 11.9. The number of carbonyl (C=O) groups is 1. The van der Waals surface area contributed by atoms with E-state index in [2.05, 4.69) is 11.4 Å². The number of nitriles is 1. The van der Waals surface area contributed by atoms with Crippen molar-refractivity contribution in [3.63, 3.8) is 0 Å². The van der Waals surface area contributed by atoms with Crippen molar-refractivity contribution >= 4 is 21.7 Å².